The third-order valence-corrected chi connectivity index (χ3v) is 5.85. The first-order valence-electron chi connectivity index (χ1n) is 7.27. The predicted molar refractivity (Wildman–Crippen MR) is 85.8 cm³/mol. The molecule has 0 saturated carbocycles. The predicted octanol–water partition coefficient (Wildman–Crippen LogP) is 2.82. The van der Waals surface area contributed by atoms with Crippen molar-refractivity contribution in [2.45, 2.75) is 26.3 Å². The number of hydrogen-bond acceptors (Lipinski definition) is 4. The average Bonchev–Trinajstić information content (AvgIpc) is 2.78. The largest absolute Gasteiger partial charge is 0.494 e. The summed E-state index contributed by atoms with van der Waals surface area (Å²) < 4.78 is 28.6. The zero-order chi connectivity index (χ0) is 15.5. The Bertz CT molecular complexity index is 589. The fraction of sp³-hybridized carbons (Fsp3) is 0.600. The van der Waals surface area contributed by atoms with Gasteiger partial charge < -0.3 is 10.1 Å². The van der Waals surface area contributed by atoms with E-state index >= 15 is 0 Å². The van der Waals surface area contributed by atoms with Gasteiger partial charge in [-0.1, -0.05) is 11.6 Å². The van der Waals surface area contributed by atoms with Crippen LogP contribution < -0.4 is 10.1 Å². The molecule has 118 valence electrons. The fourth-order valence-electron chi connectivity index (χ4n) is 2.63. The van der Waals surface area contributed by atoms with Crippen LogP contribution in [0.1, 0.15) is 31.9 Å². The Hall–Kier alpha value is -0.780. The van der Waals surface area contributed by atoms with E-state index in [9.17, 15) is 8.42 Å². The maximum absolute atomic E-state index is 11.5. The lowest BCUT2D eigenvalue weighted by atomic mass is 10.1. The summed E-state index contributed by atoms with van der Waals surface area (Å²) in [6.07, 6.45) is 0.746. The highest BCUT2D eigenvalue weighted by atomic mass is 35.5. The molecular weight excluding hydrogens is 310 g/mol. The number of benzene rings is 1. The molecule has 0 aromatic heterocycles. The SMILES string of the molecule is CCOc1ccc(Cl)cc1[C@@H](C)NC[C@@H]1CCS(=O)(=O)C1. The normalized spacial score (nSPS) is 22.1. The van der Waals surface area contributed by atoms with Crippen molar-refractivity contribution in [1.82, 2.24) is 5.32 Å². The van der Waals surface area contributed by atoms with Crippen molar-refractivity contribution in [2.24, 2.45) is 5.92 Å². The van der Waals surface area contributed by atoms with Gasteiger partial charge in [-0.25, -0.2) is 8.42 Å². The van der Waals surface area contributed by atoms with E-state index in [2.05, 4.69) is 5.32 Å². The average molecular weight is 332 g/mol. The smallest absolute Gasteiger partial charge is 0.150 e. The molecule has 1 aliphatic rings. The highest BCUT2D eigenvalue weighted by Gasteiger charge is 2.28. The zero-order valence-corrected chi connectivity index (χ0v) is 14.0. The molecule has 0 unspecified atom stereocenters. The van der Waals surface area contributed by atoms with Gasteiger partial charge in [0.15, 0.2) is 9.84 Å². The molecule has 0 radical (unpaired) electrons. The van der Waals surface area contributed by atoms with Gasteiger partial charge in [0.05, 0.1) is 18.1 Å². The quantitative estimate of drug-likeness (QED) is 0.871. The van der Waals surface area contributed by atoms with Gasteiger partial charge in [0, 0.05) is 16.6 Å². The van der Waals surface area contributed by atoms with Crippen molar-refractivity contribution in [1.29, 1.82) is 0 Å². The maximum atomic E-state index is 11.5. The Kier molecular flexibility index (Phi) is 5.52. The van der Waals surface area contributed by atoms with E-state index in [-0.39, 0.29) is 12.0 Å². The minimum atomic E-state index is -2.82. The molecule has 1 N–H and O–H groups in total. The minimum Gasteiger partial charge on any atom is -0.494 e. The summed E-state index contributed by atoms with van der Waals surface area (Å²) in [5, 5.41) is 4.07. The third-order valence-electron chi connectivity index (χ3n) is 3.78. The van der Waals surface area contributed by atoms with E-state index in [4.69, 9.17) is 16.3 Å². The second kappa shape index (κ2) is 6.99. The lowest BCUT2D eigenvalue weighted by molar-refractivity contribution is 0.331. The summed E-state index contributed by atoms with van der Waals surface area (Å²) in [5.74, 6) is 1.63. The van der Waals surface area contributed by atoms with E-state index in [1.165, 1.54) is 0 Å². The molecule has 2 atom stereocenters. The maximum Gasteiger partial charge on any atom is 0.150 e. The second-order valence-corrected chi connectivity index (χ2v) is 8.18. The zero-order valence-electron chi connectivity index (χ0n) is 12.4. The first-order chi connectivity index (χ1) is 9.91. The molecule has 0 aliphatic carbocycles. The minimum absolute atomic E-state index is 0.0635. The molecule has 21 heavy (non-hydrogen) atoms. The van der Waals surface area contributed by atoms with Crippen LogP contribution in [0.4, 0.5) is 0 Å². The van der Waals surface area contributed by atoms with Crippen LogP contribution in [-0.4, -0.2) is 33.1 Å². The number of halogens is 1. The summed E-state index contributed by atoms with van der Waals surface area (Å²) in [5.41, 5.74) is 1.00. The molecule has 1 aliphatic heterocycles. The molecule has 0 amide bonds. The van der Waals surface area contributed by atoms with E-state index in [1.54, 1.807) is 0 Å². The second-order valence-electron chi connectivity index (χ2n) is 5.51. The summed E-state index contributed by atoms with van der Waals surface area (Å²) in [6.45, 7) is 5.28. The van der Waals surface area contributed by atoms with E-state index in [1.807, 2.05) is 32.0 Å². The Balaban J connectivity index is 2.00. The van der Waals surface area contributed by atoms with Crippen LogP contribution in [0.5, 0.6) is 5.75 Å². The van der Waals surface area contributed by atoms with E-state index < -0.39 is 9.84 Å². The number of ether oxygens (including phenoxy) is 1. The Morgan fingerprint density at radius 1 is 1.48 bits per heavy atom. The molecular formula is C15H22ClNO3S. The molecule has 1 aromatic carbocycles. The van der Waals surface area contributed by atoms with Crippen molar-refractivity contribution in [2.75, 3.05) is 24.7 Å². The van der Waals surface area contributed by atoms with Gasteiger partial charge in [-0.05, 0) is 50.9 Å². The van der Waals surface area contributed by atoms with E-state index in [0.29, 0.717) is 29.7 Å². The lowest BCUT2D eigenvalue weighted by Crippen LogP contribution is -2.26. The van der Waals surface area contributed by atoms with Gasteiger partial charge in [0.2, 0.25) is 0 Å². The third kappa shape index (κ3) is 4.59. The molecule has 1 heterocycles. The van der Waals surface area contributed by atoms with Crippen LogP contribution in [0.25, 0.3) is 0 Å². The van der Waals surface area contributed by atoms with Gasteiger partial charge in [-0.3, -0.25) is 0 Å². The summed E-state index contributed by atoms with van der Waals surface area (Å²) in [7, 11) is -2.82. The van der Waals surface area contributed by atoms with Crippen molar-refractivity contribution in [3.63, 3.8) is 0 Å². The highest BCUT2D eigenvalue weighted by molar-refractivity contribution is 7.91. The molecule has 1 fully saturated rings. The van der Waals surface area contributed by atoms with Gasteiger partial charge in [-0.15, -0.1) is 0 Å². The van der Waals surface area contributed by atoms with Crippen molar-refractivity contribution < 1.29 is 13.2 Å². The van der Waals surface area contributed by atoms with Crippen LogP contribution >= 0.6 is 11.6 Å². The lowest BCUT2D eigenvalue weighted by Gasteiger charge is -2.20. The van der Waals surface area contributed by atoms with Crippen LogP contribution in [0.2, 0.25) is 5.02 Å². The number of nitrogens with one attached hydrogen (secondary N) is 1. The first-order valence-corrected chi connectivity index (χ1v) is 9.47. The number of sulfone groups is 1. The van der Waals surface area contributed by atoms with Crippen LogP contribution in [0.3, 0.4) is 0 Å². The van der Waals surface area contributed by atoms with Gasteiger partial charge >= 0.3 is 0 Å². The summed E-state index contributed by atoms with van der Waals surface area (Å²) in [6, 6.07) is 5.65. The molecule has 1 aromatic rings. The topological polar surface area (TPSA) is 55.4 Å². The van der Waals surface area contributed by atoms with Gasteiger partial charge in [0.1, 0.15) is 5.75 Å². The molecule has 2 rings (SSSR count). The number of hydrogen-bond donors (Lipinski definition) is 1. The number of rotatable bonds is 6. The monoisotopic (exact) mass is 331 g/mol. The summed E-state index contributed by atoms with van der Waals surface area (Å²) >= 11 is 6.06. The van der Waals surface area contributed by atoms with Crippen molar-refractivity contribution >= 4 is 21.4 Å². The van der Waals surface area contributed by atoms with E-state index in [0.717, 1.165) is 17.7 Å². The molecule has 0 spiro atoms. The molecule has 1 saturated heterocycles. The highest BCUT2D eigenvalue weighted by Crippen LogP contribution is 2.29. The first kappa shape index (κ1) is 16.6. The summed E-state index contributed by atoms with van der Waals surface area (Å²) in [4.78, 5) is 0. The van der Waals surface area contributed by atoms with Crippen molar-refractivity contribution in [3.05, 3.63) is 28.8 Å². The van der Waals surface area contributed by atoms with Crippen molar-refractivity contribution in [3.8, 4) is 5.75 Å². The van der Waals surface area contributed by atoms with Crippen LogP contribution in [0, 0.1) is 5.92 Å². The molecule has 0 bridgehead atoms. The molecule has 4 nitrogen and oxygen atoms in total. The van der Waals surface area contributed by atoms with Gasteiger partial charge in [-0.2, -0.15) is 0 Å². The van der Waals surface area contributed by atoms with Crippen LogP contribution in [-0.2, 0) is 9.84 Å². The Morgan fingerprint density at radius 2 is 2.24 bits per heavy atom. The Labute approximate surface area is 131 Å². The van der Waals surface area contributed by atoms with Crippen LogP contribution in [0.15, 0.2) is 18.2 Å². The van der Waals surface area contributed by atoms with Gasteiger partial charge in [0.25, 0.3) is 0 Å². The molecule has 6 heteroatoms. The standard InChI is InChI=1S/C15H22ClNO3S/c1-3-20-15-5-4-13(16)8-14(15)11(2)17-9-12-6-7-21(18,19)10-12/h4-5,8,11-12,17H,3,6-7,9-10H2,1-2H3/t11-,12+/m1/s1. The Morgan fingerprint density at radius 3 is 2.86 bits per heavy atom. The fourth-order valence-corrected chi connectivity index (χ4v) is 4.67.